The second kappa shape index (κ2) is 8.09. The number of rotatable bonds is 5. The molecular weight excluding hydrogens is 358 g/mol. The number of fused-ring (bicyclic) bond motifs is 1. The lowest BCUT2D eigenvalue weighted by Crippen LogP contribution is -2.26. The molecule has 0 aromatic heterocycles. The molecule has 0 saturated carbocycles. The highest BCUT2D eigenvalue weighted by molar-refractivity contribution is 6.30. The van der Waals surface area contributed by atoms with Gasteiger partial charge in [0.15, 0.2) is 12.9 Å². The quantitative estimate of drug-likeness (QED) is 0.745. The molecule has 2 aromatic carbocycles. The van der Waals surface area contributed by atoms with Crippen molar-refractivity contribution in [2.45, 2.75) is 26.2 Å². The van der Waals surface area contributed by atoms with E-state index in [1.54, 1.807) is 43.3 Å². The second-order valence-corrected chi connectivity index (χ2v) is 6.10. The SMILES string of the molecule is C[C@H](Oc1ccc(C#N)cc1)C(=O)OCc1cc(Cl)cc2c1OCOC2. The van der Waals surface area contributed by atoms with Crippen molar-refractivity contribution in [2.75, 3.05) is 6.79 Å². The molecule has 0 amide bonds. The third-order valence-electron chi connectivity index (χ3n) is 3.75. The maximum absolute atomic E-state index is 12.2. The fourth-order valence-electron chi connectivity index (χ4n) is 2.49. The second-order valence-electron chi connectivity index (χ2n) is 5.67. The van der Waals surface area contributed by atoms with Crippen LogP contribution in [0.3, 0.4) is 0 Å². The Hall–Kier alpha value is -2.75. The van der Waals surface area contributed by atoms with Crippen LogP contribution in [0.5, 0.6) is 11.5 Å². The van der Waals surface area contributed by atoms with E-state index in [1.807, 2.05) is 6.07 Å². The van der Waals surface area contributed by atoms with Gasteiger partial charge in [-0.3, -0.25) is 0 Å². The summed E-state index contributed by atoms with van der Waals surface area (Å²) in [6.45, 7) is 2.16. The lowest BCUT2D eigenvalue weighted by atomic mass is 10.1. The normalized spacial score (nSPS) is 13.7. The van der Waals surface area contributed by atoms with E-state index >= 15 is 0 Å². The molecule has 1 aliphatic heterocycles. The number of carbonyl (C=O) groups excluding carboxylic acids is 1. The first kappa shape index (κ1) is 18.1. The monoisotopic (exact) mass is 373 g/mol. The first-order valence-corrected chi connectivity index (χ1v) is 8.30. The predicted octanol–water partition coefficient (Wildman–Crippen LogP) is 3.59. The van der Waals surface area contributed by atoms with Gasteiger partial charge in [-0.05, 0) is 43.3 Å². The Morgan fingerprint density at radius 1 is 1.35 bits per heavy atom. The average molecular weight is 374 g/mol. The minimum absolute atomic E-state index is 0.0167. The number of carbonyl (C=O) groups is 1. The first-order chi connectivity index (χ1) is 12.6. The van der Waals surface area contributed by atoms with Crippen LogP contribution >= 0.6 is 11.6 Å². The van der Waals surface area contributed by atoms with E-state index in [4.69, 9.17) is 35.8 Å². The first-order valence-electron chi connectivity index (χ1n) is 7.92. The number of esters is 1. The number of hydrogen-bond donors (Lipinski definition) is 0. The van der Waals surface area contributed by atoms with Crippen LogP contribution in [0, 0.1) is 11.3 Å². The smallest absolute Gasteiger partial charge is 0.347 e. The summed E-state index contributed by atoms with van der Waals surface area (Å²) in [7, 11) is 0. The number of benzene rings is 2. The lowest BCUT2D eigenvalue weighted by Gasteiger charge is -2.21. The molecule has 0 fully saturated rings. The van der Waals surface area contributed by atoms with Gasteiger partial charge in [-0.2, -0.15) is 5.26 Å². The van der Waals surface area contributed by atoms with Gasteiger partial charge in [0.05, 0.1) is 18.2 Å². The molecule has 0 unspecified atom stereocenters. The Balaban J connectivity index is 1.61. The molecule has 0 aliphatic carbocycles. The Bertz CT molecular complexity index is 844. The number of nitriles is 1. The van der Waals surface area contributed by atoms with Gasteiger partial charge in [0.1, 0.15) is 18.1 Å². The van der Waals surface area contributed by atoms with Gasteiger partial charge in [-0.15, -0.1) is 0 Å². The van der Waals surface area contributed by atoms with Crippen LogP contribution in [0.15, 0.2) is 36.4 Å². The van der Waals surface area contributed by atoms with Gasteiger partial charge in [0, 0.05) is 16.1 Å². The van der Waals surface area contributed by atoms with Crippen molar-refractivity contribution in [1.29, 1.82) is 5.26 Å². The van der Waals surface area contributed by atoms with E-state index < -0.39 is 12.1 Å². The molecule has 2 aromatic rings. The van der Waals surface area contributed by atoms with E-state index in [9.17, 15) is 4.79 Å². The van der Waals surface area contributed by atoms with Gasteiger partial charge in [0.25, 0.3) is 0 Å². The molecule has 0 saturated heterocycles. The van der Waals surface area contributed by atoms with Crippen LogP contribution in [0.25, 0.3) is 0 Å². The molecule has 1 atom stereocenters. The number of nitrogens with zero attached hydrogens (tertiary/aromatic N) is 1. The summed E-state index contributed by atoms with van der Waals surface area (Å²) in [4.78, 5) is 12.2. The summed E-state index contributed by atoms with van der Waals surface area (Å²) in [5, 5.41) is 9.31. The zero-order chi connectivity index (χ0) is 18.5. The maximum atomic E-state index is 12.2. The zero-order valence-electron chi connectivity index (χ0n) is 14.0. The van der Waals surface area contributed by atoms with Crippen molar-refractivity contribution >= 4 is 17.6 Å². The van der Waals surface area contributed by atoms with Crippen LogP contribution < -0.4 is 9.47 Å². The minimum atomic E-state index is -0.804. The molecular formula is C19H16ClNO5. The zero-order valence-corrected chi connectivity index (χ0v) is 14.8. The molecule has 134 valence electrons. The van der Waals surface area contributed by atoms with Crippen LogP contribution in [-0.4, -0.2) is 18.9 Å². The highest BCUT2D eigenvalue weighted by Gasteiger charge is 2.20. The molecule has 6 nitrogen and oxygen atoms in total. The highest BCUT2D eigenvalue weighted by Crippen LogP contribution is 2.32. The number of halogens is 1. The van der Waals surface area contributed by atoms with Crippen molar-refractivity contribution in [3.8, 4) is 17.6 Å². The Morgan fingerprint density at radius 3 is 2.85 bits per heavy atom. The molecule has 26 heavy (non-hydrogen) atoms. The molecule has 7 heteroatoms. The van der Waals surface area contributed by atoms with Gasteiger partial charge >= 0.3 is 5.97 Å². The fourth-order valence-corrected chi connectivity index (χ4v) is 2.75. The predicted molar refractivity (Wildman–Crippen MR) is 92.8 cm³/mol. The standard InChI is InChI=1S/C19H16ClNO5/c1-12(26-17-4-2-13(8-21)3-5-17)19(22)24-10-15-7-16(20)6-14-9-23-11-25-18(14)15/h2-7,12H,9-11H2,1H3/t12-/m0/s1. The molecule has 3 rings (SSSR count). The van der Waals surface area contributed by atoms with E-state index in [2.05, 4.69) is 0 Å². The van der Waals surface area contributed by atoms with Crippen molar-refractivity contribution in [2.24, 2.45) is 0 Å². The van der Waals surface area contributed by atoms with Crippen LogP contribution in [0.4, 0.5) is 0 Å². The maximum Gasteiger partial charge on any atom is 0.347 e. The Morgan fingerprint density at radius 2 is 2.12 bits per heavy atom. The lowest BCUT2D eigenvalue weighted by molar-refractivity contribution is -0.152. The van der Waals surface area contributed by atoms with E-state index in [-0.39, 0.29) is 13.4 Å². The van der Waals surface area contributed by atoms with E-state index in [0.29, 0.717) is 34.3 Å². The van der Waals surface area contributed by atoms with Crippen molar-refractivity contribution in [3.05, 3.63) is 58.1 Å². The Labute approximate surface area is 155 Å². The van der Waals surface area contributed by atoms with Crippen LogP contribution in [0.2, 0.25) is 5.02 Å². The molecule has 0 bridgehead atoms. The summed E-state index contributed by atoms with van der Waals surface area (Å²) in [6, 6.07) is 12.0. The van der Waals surface area contributed by atoms with Crippen molar-refractivity contribution in [3.63, 3.8) is 0 Å². The molecule has 0 radical (unpaired) electrons. The average Bonchev–Trinajstić information content (AvgIpc) is 2.66. The van der Waals surface area contributed by atoms with Crippen molar-refractivity contribution < 1.29 is 23.7 Å². The number of hydrogen-bond acceptors (Lipinski definition) is 6. The van der Waals surface area contributed by atoms with Crippen LogP contribution in [0.1, 0.15) is 23.6 Å². The summed E-state index contributed by atoms with van der Waals surface area (Å²) in [5.41, 5.74) is 2.01. The van der Waals surface area contributed by atoms with Gasteiger partial charge in [-0.25, -0.2) is 4.79 Å². The fraction of sp³-hybridized carbons (Fsp3) is 0.263. The third-order valence-corrected chi connectivity index (χ3v) is 3.97. The third kappa shape index (κ3) is 4.26. The van der Waals surface area contributed by atoms with E-state index in [0.717, 1.165) is 5.56 Å². The molecule has 1 aliphatic rings. The largest absolute Gasteiger partial charge is 0.479 e. The highest BCUT2D eigenvalue weighted by atomic mass is 35.5. The van der Waals surface area contributed by atoms with Gasteiger partial charge in [0.2, 0.25) is 0 Å². The van der Waals surface area contributed by atoms with Crippen LogP contribution in [-0.2, 0) is 27.5 Å². The summed E-state index contributed by atoms with van der Waals surface area (Å²) in [5.74, 6) is 0.596. The summed E-state index contributed by atoms with van der Waals surface area (Å²) in [6.07, 6.45) is -0.804. The van der Waals surface area contributed by atoms with Crippen molar-refractivity contribution in [1.82, 2.24) is 0 Å². The van der Waals surface area contributed by atoms with Gasteiger partial charge in [-0.1, -0.05) is 11.6 Å². The molecule has 0 N–H and O–H groups in total. The topological polar surface area (TPSA) is 77.8 Å². The Kier molecular flexibility index (Phi) is 5.61. The summed E-state index contributed by atoms with van der Waals surface area (Å²) < 4.78 is 21.6. The summed E-state index contributed by atoms with van der Waals surface area (Å²) >= 11 is 6.09. The minimum Gasteiger partial charge on any atom is -0.479 e. The number of ether oxygens (including phenoxy) is 4. The van der Waals surface area contributed by atoms with E-state index in [1.165, 1.54) is 0 Å². The molecule has 0 spiro atoms. The van der Waals surface area contributed by atoms with Gasteiger partial charge < -0.3 is 18.9 Å². The molecule has 1 heterocycles.